The van der Waals surface area contributed by atoms with Gasteiger partial charge < -0.3 is 9.80 Å². The molecule has 1 aromatic carbocycles. The first-order valence-corrected chi connectivity index (χ1v) is 8.79. The number of hydrogen-bond donors (Lipinski definition) is 0. The Labute approximate surface area is 145 Å². The summed E-state index contributed by atoms with van der Waals surface area (Å²) < 4.78 is 0. The lowest BCUT2D eigenvalue weighted by molar-refractivity contribution is -0.144. The summed E-state index contributed by atoms with van der Waals surface area (Å²) in [6.07, 6.45) is 1.53. The summed E-state index contributed by atoms with van der Waals surface area (Å²) in [6.45, 7) is 9.93. The maximum atomic E-state index is 12.7. The van der Waals surface area contributed by atoms with Crippen molar-refractivity contribution in [1.82, 2.24) is 9.80 Å². The zero-order valence-corrected chi connectivity index (χ0v) is 15.6. The van der Waals surface area contributed by atoms with Crippen molar-refractivity contribution in [3.63, 3.8) is 0 Å². The van der Waals surface area contributed by atoms with Crippen LogP contribution in [0, 0.1) is 18.3 Å². The van der Waals surface area contributed by atoms with Gasteiger partial charge in [0.1, 0.15) is 0 Å². The Balaban J connectivity index is 1.90. The Morgan fingerprint density at radius 2 is 1.75 bits per heavy atom. The second-order valence-corrected chi connectivity index (χ2v) is 7.94. The lowest BCUT2D eigenvalue weighted by Gasteiger charge is -2.36. The van der Waals surface area contributed by atoms with Crippen molar-refractivity contribution in [3.8, 4) is 0 Å². The zero-order chi connectivity index (χ0) is 17.9. The van der Waals surface area contributed by atoms with E-state index < -0.39 is 0 Å². The van der Waals surface area contributed by atoms with E-state index in [1.165, 1.54) is 11.1 Å². The van der Waals surface area contributed by atoms with Crippen LogP contribution in [-0.4, -0.2) is 41.8 Å². The molecular weight excluding hydrogens is 300 g/mol. The van der Waals surface area contributed by atoms with Crippen LogP contribution in [-0.2, 0) is 16.1 Å². The average molecular weight is 330 g/mol. The molecule has 2 amide bonds. The number of nitrogens with zero attached hydrogens (tertiary/aromatic N) is 2. The fourth-order valence-electron chi connectivity index (χ4n) is 3.24. The van der Waals surface area contributed by atoms with Gasteiger partial charge in [-0.15, -0.1) is 0 Å². The standard InChI is InChI=1S/C20H30N2O2/c1-15-8-6-7-9-17(15)14-21(5)18(23)16-10-12-22(13-11-16)19(24)20(2,3)4/h6-9,16H,10-14H2,1-5H3. The molecule has 0 atom stereocenters. The molecule has 0 N–H and O–H groups in total. The highest BCUT2D eigenvalue weighted by atomic mass is 16.2. The predicted molar refractivity (Wildman–Crippen MR) is 96.4 cm³/mol. The number of benzene rings is 1. The molecule has 4 nitrogen and oxygen atoms in total. The minimum absolute atomic E-state index is 0.0306. The summed E-state index contributed by atoms with van der Waals surface area (Å²) in [7, 11) is 1.88. The van der Waals surface area contributed by atoms with E-state index in [1.54, 1.807) is 0 Å². The van der Waals surface area contributed by atoms with E-state index in [2.05, 4.69) is 19.1 Å². The largest absolute Gasteiger partial charge is 0.342 e. The lowest BCUT2D eigenvalue weighted by Crippen LogP contribution is -2.46. The van der Waals surface area contributed by atoms with Gasteiger partial charge in [-0.2, -0.15) is 0 Å². The molecule has 1 heterocycles. The first kappa shape index (κ1) is 18.5. The van der Waals surface area contributed by atoms with E-state index in [0.29, 0.717) is 19.6 Å². The third-order valence-electron chi connectivity index (χ3n) is 4.82. The minimum atomic E-state index is -0.349. The normalized spacial score (nSPS) is 16.1. The van der Waals surface area contributed by atoms with Gasteiger partial charge in [-0.25, -0.2) is 0 Å². The lowest BCUT2D eigenvalue weighted by atomic mass is 9.90. The van der Waals surface area contributed by atoms with Gasteiger partial charge in [0.15, 0.2) is 0 Å². The van der Waals surface area contributed by atoms with Crippen LogP contribution >= 0.6 is 0 Å². The second kappa shape index (κ2) is 7.37. The maximum absolute atomic E-state index is 12.7. The van der Waals surface area contributed by atoms with Crippen LogP contribution in [0.5, 0.6) is 0 Å². The maximum Gasteiger partial charge on any atom is 0.227 e. The molecule has 0 unspecified atom stereocenters. The van der Waals surface area contributed by atoms with Crippen LogP contribution in [0.2, 0.25) is 0 Å². The highest BCUT2D eigenvalue weighted by molar-refractivity contribution is 5.82. The van der Waals surface area contributed by atoms with Gasteiger partial charge in [0.05, 0.1) is 0 Å². The molecule has 4 heteroatoms. The molecule has 1 fully saturated rings. The van der Waals surface area contributed by atoms with Gasteiger partial charge in [-0.05, 0) is 30.9 Å². The molecular formula is C20H30N2O2. The van der Waals surface area contributed by atoms with Crippen molar-refractivity contribution in [3.05, 3.63) is 35.4 Å². The van der Waals surface area contributed by atoms with Crippen molar-refractivity contribution in [2.45, 2.75) is 47.1 Å². The first-order chi connectivity index (χ1) is 11.2. The highest BCUT2D eigenvalue weighted by Gasteiger charge is 2.33. The van der Waals surface area contributed by atoms with E-state index >= 15 is 0 Å². The van der Waals surface area contributed by atoms with E-state index in [9.17, 15) is 9.59 Å². The van der Waals surface area contributed by atoms with Crippen molar-refractivity contribution < 1.29 is 9.59 Å². The fourth-order valence-corrected chi connectivity index (χ4v) is 3.24. The summed E-state index contributed by atoms with van der Waals surface area (Å²) >= 11 is 0. The molecule has 1 aliphatic rings. The van der Waals surface area contributed by atoms with Gasteiger partial charge >= 0.3 is 0 Å². The van der Waals surface area contributed by atoms with Crippen LogP contribution in [0.1, 0.15) is 44.7 Å². The zero-order valence-electron chi connectivity index (χ0n) is 15.6. The molecule has 0 spiro atoms. The number of aryl methyl sites for hydroxylation is 1. The van der Waals surface area contributed by atoms with Crippen LogP contribution in [0.3, 0.4) is 0 Å². The third-order valence-corrected chi connectivity index (χ3v) is 4.82. The first-order valence-electron chi connectivity index (χ1n) is 8.79. The van der Waals surface area contributed by atoms with Gasteiger partial charge in [-0.1, -0.05) is 45.0 Å². The molecule has 1 aromatic rings. The van der Waals surface area contributed by atoms with E-state index in [0.717, 1.165) is 12.8 Å². The van der Waals surface area contributed by atoms with Gasteiger partial charge in [-0.3, -0.25) is 9.59 Å². The molecule has 0 aromatic heterocycles. The number of piperidine rings is 1. The molecule has 0 bridgehead atoms. The van der Waals surface area contributed by atoms with Gasteiger partial charge in [0.25, 0.3) is 0 Å². The number of likely N-dealkylation sites (tertiary alicyclic amines) is 1. The summed E-state index contributed by atoms with van der Waals surface area (Å²) in [5.41, 5.74) is 2.05. The number of rotatable bonds is 3. The Hall–Kier alpha value is -1.84. The van der Waals surface area contributed by atoms with Crippen LogP contribution in [0.25, 0.3) is 0 Å². The van der Waals surface area contributed by atoms with E-state index in [4.69, 9.17) is 0 Å². The molecule has 0 radical (unpaired) electrons. The monoisotopic (exact) mass is 330 g/mol. The Bertz CT molecular complexity index is 596. The van der Waals surface area contributed by atoms with Crippen molar-refractivity contribution in [1.29, 1.82) is 0 Å². The number of hydrogen-bond acceptors (Lipinski definition) is 2. The molecule has 1 aliphatic heterocycles. The predicted octanol–water partition coefficient (Wildman–Crippen LogP) is 3.24. The average Bonchev–Trinajstić information content (AvgIpc) is 2.55. The molecule has 2 rings (SSSR count). The second-order valence-electron chi connectivity index (χ2n) is 7.94. The van der Waals surface area contributed by atoms with E-state index in [-0.39, 0.29) is 23.1 Å². The van der Waals surface area contributed by atoms with Crippen LogP contribution < -0.4 is 0 Å². The van der Waals surface area contributed by atoms with Gasteiger partial charge in [0, 0.05) is 38.0 Å². The number of carbonyl (C=O) groups is 2. The topological polar surface area (TPSA) is 40.6 Å². The molecule has 24 heavy (non-hydrogen) atoms. The third kappa shape index (κ3) is 4.37. The van der Waals surface area contributed by atoms with Crippen molar-refractivity contribution in [2.75, 3.05) is 20.1 Å². The van der Waals surface area contributed by atoms with E-state index in [1.807, 2.05) is 49.8 Å². The van der Waals surface area contributed by atoms with Gasteiger partial charge in [0.2, 0.25) is 11.8 Å². The smallest absolute Gasteiger partial charge is 0.227 e. The van der Waals surface area contributed by atoms with Crippen molar-refractivity contribution in [2.24, 2.45) is 11.3 Å². The van der Waals surface area contributed by atoms with Crippen LogP contribution in [0.4, 0.5) is 0 Å². The minimum Gasteiger partial charge on any atom is -0.342 e. The molecule has 1 saturated heterocycles. The molecule has 132 valence electrons. The summed E-state index contributed by atoms with van der Waals surface area (Å²) in [5, 5.41) is 0. The Morgan fingerprint density at radius 3 is 2.29 bits per heavy atom. The summed E-state index contributed by atoms with van der Waals surface area (Å²) in [4.78, 5) is 28.8. The summed E-state index contributed by atoms with van der Waals surface area (Å²) in [5.74, 6) is 0.408. The van der Waals surface area contributed by atoms with Crippen molar-refractivity contribution >= 4 is 11.8 Å². The SMILES string of the molecule is Cc1ccccc1CN(C)C(=O)C1CCN(C(=O)C(C)(C)C)CC1. The Kier molecular flexibility index (Phi) is 5.68. The fraction of sp³-hybridized carbons (Fsp3) is 0.600. The number of amides is 2. The molecule has 0 saturated carbocycles. The van der Waals surface area contributed by atoms with Crippen LogP contribution in [0.15, 0.2) is 24.3 Å². The summed E-state index contributed by atoms with van der Waals surface area (Å²) in [6, 6.07) is 8.17. The Morgan fingerprint density at radius 1 is 1.17 bits per heavy atom. The number of carbonyl (C=O) groups excluding carboxylic acids is 2. The highest BCUT2D eigenvalue weighted by Crippen LogP contribution is 2.25. The molecule has 0 aliphatic carbocycles. The quantitative estimate of drug-likeness (QED) is 0.854.